The number of rotatable bonds is 4. The van der Waals surface area contributed by atoms with E-state index in [2.05, 4.69) is 12.2 Å². The molecule has 2 aromatic carbocycles. The summed E-state index contributed by atoms with van der Waals surface area (Å²) in [4.78, 5) is 24.4. The highest BCUT2D eigenvalue weighted by atomic mass is 16.5. The van der Waals surface area contributed by atoms with Gasteiger partial charge in [-0.1, -0.05) is 56.2 Å². The number of nitrogens with one attached hydrogen (secondary N) is 1. The van der Waals surface area contributed by atoms with E-state index in [9.17, 15) is 9.59 Å². The van der Waals surface area contributed by atoms with Crippen LogP contribution in [-0.2, 0) is 9.53 Å². The van der Waals surface area contributed by atoms with Crippen molar-refractivity contribution >= 4 is 22.6 Å². The lowest BCUT2D eigenvalue weighted by atomic mass is 9.86. The van der Waals surface area contributed by atoms with Crippen LogP contribution in [0.25, 0.3) is 10.8 Å². The molecule has 0 spiro atoms. The van der Waals surface area contributed by atoms with Crippen LogP contribution in [0.1, 0.15) is 43.0 Å². The lowest BCUT2D eigenvalue weighted by molar-refractivity contribution is -0.125. The Kier molecular flexibility index (Phi) is 5.14. The second kappa shape index (κ2) is 7.47. The first-order chi connectivity index (χ1) is 11.6. The van der Waals surface area contributed by atoms with E-state index in [0.717, 1.165) is 30.0 Å². The molecule has 0 unspecified atom stereocenters. The van der Waals surface area contributed by atoms with Gasteiger partial charge in [-0.25, -0.2) is 4.79 Å². The zero-order valence-corrected chi connectivity index (χ0v) is 14.0. The lowest BCUT2D eigenvalue weighted by Crippen LogP contribution is -2.42. The van der Waals surface area contributed by atoms with Gasteiger partial charge >= 0.3 is 5.97 Å². The van der Waals surface area contributed by atoms with Crippen molar-refractivity contribution in [2.75, 3.05) is 6.61 Å². The first-order valence-corrected chi connectivity index (χ1v) is 8.59. The van der Waals surface area contributed by atoms with Gasteiger partial charge < -0.3 is 10.1 Å². The SMILES string of the molecule is C[C@H]1CCCC[C@H]1NC(=O)COC(=O)c1cccc2ccccc12. The van der Waals surface area contributed by atoms with Crippen LogP contribution in [0, 0.1) is 5.92 Å². The van der Waals surface area contributed by atoms with Gasteiger partial charge in [0.15, 0.2) is 6.61 Å². The number of benzene rings is 2. The van der Waals surface area contributed by atoms with E-state index in [1.807, 2.05) is 36.4 Å². The van der Waals surface area contributed by atoms with Crippen LogP contribution >= 0.6 is 0 Å². The van der Waals surface area contributed by atoms with Gasteiger partial charge in [0, 0.05) is 6.04 Å². The topological polar surface area (TPSA) is 55.4 Å². The molecule has 1 aliphatic carbocycles. The Morgan fingerprint density at radius 3 is 2.67 bits per heavy atom. The number of fused-ring (bicyclic) bond motifs is 1. The summed E-state index contributed by atoms with van der Waals surface area (Å²) in [7, 11) is 0. The van der Waals surface area contributed by atoms with Crippen molar-refractivity contribution in [3.05, 3.63) is 48.0 Å². The molecule has 126 valence electrons. The Morgan fingerprint density at radius 2 is 1.83 bits per heavy atom. The van der Waals surface area contributed by atoms with Gasteiger partial charge in [0.05, 0.1) is 5.56 Å². The average molecular weight is 325 g/mol. The van der Waals surface area contributed by atoms with Crippen molar-refractivity contribution < 1.29 is 14.3 Å². The van der Waals surface area contributed by atoms with Crippen molar-refractivity contribution in [3.8, 4) is 0 Å². The quantitative estimate of drug-likeness (QED) is 0.872. The smallest absolute Gasteiger partial charge is 0.339 e. The summed E-state index contributed by atoms with van der Waals surface area (Å²) in [5.41, 5.74) is 0.493. The summed E-state index contributed by atoms with van der Waals surface area (Å²) in [6, 6.07) is 13.3. The van der Waals surface area contributed by atoms with E-state index in [1.165, 1.54) is 6.42 Å². The molecule has 2 aromatic rings. The number of carbonyl (C=O) groups excluding carboxylic acids is 2. The molecular formula is C20H23NO3. The van der Waals surface area contributed by atoms with Gasteiger partial charge in [0.1, 0.15) is 0 Å². The molecule has 1 aliphatic rings. The third-order valence-electron chi connectivity index (χ3n) is 4.80. The molecule has 1 fully saturated rings. The molecule has 0 heterocycles. The van der Waals surface area contributed by atoms with Gasteiger partial charge in [-0.05, 0) is 35.6 Å². The highest BCUT2D eigenvalue weighted by Gasteiger charge is 2.23. The molecule has 1 amide bonds. The summed E-state index contributed by atoms with van der Waals surface area (Å²) in [5, 5.41) is 4.81. The van der Waals surface area contributed by atoms with Crippen molar-refractivity contribution in [3.63, 3.8) is 0 Å². The van der Waals surface area contributed by atoms with Crippen LogP contribution in [0.15, 0.2) is 42.5 Å². The second-order valence-corrected chi connectivity index (χ2v) is 6.54. The summed E-state index contributed by atoms with van der Waals surface area (Å²) in [5.74, 6) is -0.197. The zero-order valence-electron chi connectivity index (χ0n) is 14.0. The first-order valence-electron chi connectivity index (χ1n) is 8.59. The minimum atomic E-state index is -0.460. The Balaban J connectivity index is 1.59. The molecule has 0 saturated heterocycles. The van der Waals surface area contributed by atoms with E-state index >= 15 is 0 Å². The van der Waals surface area contributed by atoms with Crippen LogP contribution < -0.4 is 5.32 Å². The predicted molar refractivity (Wildman–Crippen MR) is 93.8 cm³/mol. The fraction of sp³-hybridized carbons (Fsp3) is 0.400. The van der Waals surface area contributed by atoms with Gasteiger partial charge in [0.25, 0.3) is 5.91 Å². The molecule has 4 heteroatoms. The molecule has 3 rings (SSSR count). The van der Waals surface area contributed by atoms with Crippen molar-refractivity contribution in [1.82, 2.24) is 5.32 Å². The number of carbonyl (C=O) groups is 2. The molecule has 0 aromatic heterocycles. The maximum absolute atomic E-state index is 12.3. The molecular weight excluding hydrogens is 302 g/mol. The van der Waals surface area contributed by atoms with Crippen LogP contribution in [0.4, 0.5) is 0 Å². The number of esters is 1. The van der Waals surface area contributed by atoms with Gasteiger partial charge in [-0.3, -0.25) is 4.79 Å². The van der Waals surface area contributed by atoms with E-state index in [1.54, 1.807) is 6.07 Å². The van der Waals surface area contributed by atoms with Crippen molar-refractivity contribution in [2.45, 2.75) is 38.6 Å². The van der Waals surface area contributed by atoms with Gasteiger partial charge in [-0.2, -0.15) is 0 Å². The summed E-state index contributed by atoms with van der Waals surface area (Å²) < 4.78 is 5.22. The molecule has 1 saturated carbocycles. The lowest BCUT2D eigenvalue weighted by Gasteiger charge is -2.29. The molecule has 2 atom stereocenters. The van der Waals surface area contributed by atoms with Crippen molar-refractivity contribution in [1.29, 1.82) is 0 Å². The van der Waals surface area contributed by atoms with E-state index in [0.29, 0.717) is 11.5 Å². The van der Waals surface area contributed by atoms with Gasteiger partial charge in [0.2, 0.25) is 0 Å². The number of hydrogen-bond donors (Lipinski definition) is 1. The summed E-state index contributed by atoms with van der Waals surface area (Å²) in [6.45, 7) is 1.93. The Morgan fingerprint density at radius 1 is 1.08 bits per heavy atom. The molecule has 1 N–H and O–H groups in total. The summed E-state index contributed by atoms with van der Waals surface area (Å²) in [6.07, 6.45) is 4.51. The van der Waals surface area contributed by atoms with E-state index < -0.39 is 5.97 Å². The summed E-state index contributed by atoms with van der Waals surface area (Å²) >= 11 is 0. The second-order valence-electron chi connectivity index (χ2n) is 6.54. The number of ether oxygens (including phenoxy) is 1. The molecule has 0 aliphatic heterocycles. The maximum atomic E-state index is 12.3. The molecule has 0 radical (unpaired) electrons. The zero-order chi connectivity index (χ0) is 16.9. The number of amides is 1. The minimum Gasteiger partial charge on any atom is -0.452 e. The van der Waals surface area contributed by atoms with Crippen LogP contribution in [0.5, 0.6) is 0 Å². The fourth-order valence-electron chi connectivity index (χ4n) is 3.39. The highest BCUT2D eigenvalue weighted by molar-refractivity contribution is 6.04. The third-order valence-corrected chi connectivity index (χ3v) is 4.80. The third kappa shape index (κ3) is 3.75. The van der Waals surface area contributed by atoms with E-state index in [-0.39, 0.29) is 18.6 Å². The van der Waals surface area contributed by atoms with Crippen LogP contribution in [0.2, 0.25) is 0 Å². The monoisotopic (exact) mass is 325 g/mol. The Hall–Kier alpha value is -2.36. The first kappa shape index (κ1) is 16.5. The predicted octanol–water partition coefficient (Wildman–Crippen LogP) is 3.69. The largest absolute Gasteiger partial charge is 0.452 e. The van der Waals surface area contributed by atoms with Crippen LogP contribution in [-0.4, -0.2) is 24.5 Å². The highest BCUT2D eigenvalue weighted by Crippen LogP contribution is 2.23. The minimum absolute atomic E-state index is 0.197. The standard InChI is InChI=1S/C20H23NO3/c1-14-7-2-5-12-18(14)21-19(22)13-24-20(23)17-11-6-9-15-8-3-4-10-16(15)17/h3-4,6,8-11,14,18H,2,5,7,12-13H2,1H3,(H,21,22)/t14-,18+/m0/s1. The van der Waals surface area contributed by atoms with E-state index in [4.69, 9.17) is 4.74 Å². The maximum Gasteiger partial charge on any atom is 0.339 e. The molecule has 4 nitrogen and oxygen atoms in total. The Labute approximate surface area is 142 Å². The average Bonchev–Trinajstić information content (AvgIpc) is 2.61. The van der Waals surface area contributed by atoms with Crippen molar-refractivity contribution in [2.24, 2.45) is 5.92 Å². The van der Waals surface area contributed by atoms with Crippen LogP contribution in [0.3, 0.4) is 0 Å². The Bertz CT molecular complexity index is 735. The molecule has 0 bridgehead atoms. The molecule has 24 heavy (non-hydrogen) atoms. The van der Waals surface area contributed by atoms with Gasteiger partial charge in [-0.15, -0.1) is 0 Å². The normalized spacial score (nSPS) is 20.5. The fourth-order valence-corrected chi connectivity index (χ4v) is 3.39. The number of hydrogen-bond acceptors (Lipinski definition) is 3.